The van der Waals surface area contributed by atoms with E-state index in [1.807, 2.05) is 24.3 Å². The number of ether oxygens (including phenoxy) is 1. The molecule has 0 bridgehead atoms. The second-order valence-electron chi connectivity index (χ2n) is 5.67. The summed E-state index contributed by atoms with van der Waals surface area (Å²) in [4.78, 5) is 26.6. The number of anilines is 1. The van der Waals surface area contributed by atoms with Crippen LogP contribution in [-0.4, -0.2) is 30.6 Å². The number of carbonyl (C=O) groups is 2. The van der Waals surface area contributed by atoms with Crippen molar-refractivity contribution in [1.29, 1.82) is 0 Å². The van der Waals surface area contributed by atoms with Crippen LogP contribution in [0.5, 0.6) is 5.75 Å². The Morgan fingerprint density at radius 2 is 2.00 bits per heavy atom. The zero-order valence-electron chi connectivity index (χ0n) is 13.5. The Morgan fingerprint density at radius 1 is 1.25 bits per heavy atom. The zero-order valence-corrected chi connectivity index (χ0v) is 14.3. The summed E-state index contributed by atoms with van der Waals surface area (Å²) in [5, 5.41) is 0.459. The molecular formula is C19H19NO3S. The fraction of sp³-hybridized carbons (Fsp3) is 0.263. The van der Waals surface area contributed by atoms with E-state index in [2.05, 4.69) is 6.92 Å². The number of rotatable bonds is 4. The number of hydrogen-bond acceptors (Lipinski definition) is 4. The van der Waals surface area contributed by atoms with Gasteiger partial charge < -0.3 is 9.64 Å². The van der Waals surface area contributed by atoms with Crippen LogP contribution in [0.4, 0.5) is 5.69 Å². The second-order valence-corrected chi connectivity index (χ2v) is 7.15. The van der Waals surface area contributed by atoms with Crippen LogP contribution < -0.4 is 9.64 Å². The van der Waals surface area contributed by atoms with Crippen molar-refractivity contribution < 1.29 is 14.3 Å². The molecule has 1 amide bonds. The number of aldehydes is 1. The minimum absolute atomic E-state index is 0.0851. The molecule has 2 aromatic rings. The van der Waals surface area contributed by atoms with E-state index in [9.17, 15) is 9.59 Å². The van der Waals surface area contributed by atoms with Gasteiger partial charge in [0.15, 0.2) is 12.9 Å². The van der Waals surface area contributed by atoms with Crippen LogP contribution in [0.1, 0.15) is 23.7 Å². The molecule has 2 aromatic carbocycles. The van der Waals surface area contributed by atoms with Crippen molar-refractivity contribution in [3.05, 3.63) is 54.1 Å². The molecule has 1 aliphatic heterocycles. The Morgan fingerprint density at radius 3 is 2.83 bits per heavy atom. The van der Waals surface area contributed by atoms with Gasteiger partial charge in [-0.15, -0.1) is 11.8 Å². The van der Waals surface area contributed by atoms with Crippen molar-refractivity contribution in [1.82, 2.24) is 0 Å². The third kappa shape index (κ3) is 3.62. The highest BCUT2D eigenvalue weighted by atomic mass is 32.2. The number of hydrogen-bond donors (Lipinski definition) is 0. The van der Waals surface area contributed by atoms with Crippen molar-refractivity contribution in [3.63, 3.8) is 0 Å². The maximum atomic E-state index is 12.7. The minimum Gasteiger partial charge on any atom is -0.483 e. The Bertz CT molecular complexity index is 747. The predicted molar refractivity (Wildman–Crippen MR) is 96.1 cm³/mol. The zero-order chi connectivity index (χ0) is 16.9. The van der Waals surface area contributed by atoms with Gasteiger partial charge in [0, 0.05) is 16.7 Å². The molecule has 1 unspecified atom stereocenters. The van der Waals surface area contributed by atoms with Crippen LogP contribution in [0.2, 0.25) is 0 Å². The molecule has 1 aliphatic rings. The normalized spacial score (nSPS) is 16.9. The highest BCUT2D eigenvalue weighted by Gasteiger charge is 2.24. The minimum atomic E-state index is -0.0992. The van der Waals surface area contributed by atoms with E-state index in [0.717, 1.165) is 23.3 Å². The monoisotopic (exact) mass is 341 g/mol. The molecule has 3 rings (SSSR count). The third-order valence-electron chi connectivity index (χ3n) is 3.94. The molecule has 1 atom stereocenters. The number of fused-ring (bicyclic) bond motifs is 1. The Labute approximate surface area is 145 Å². The third-order valence-corrected chi connectivity index (χ3v) is 5.18. The molecule has 4 nitrogen and oxygen atoms in total. The molecule has 5 heteroatoms. The summed E-state index contributed by atoms with van der Waals surface area (Å²) in [6, 6.07) is 14.9. The maximum absolute atomic E-state index is 12.7. The summed E-state index contributed by atoms with van der Waals surface area (Å²) in [6.45, 7) is 2.76. The molecule has 0 N–H and O–H groups in total. The fourth-order valence-corrected chi connectivity index (χ4v) is 3.79. The Balaban J connectivity index is 1.76. The number of benzene rings is 2. The van der Waals surface area contributed by atoms with E-state index in [1.165, 1.54) is 0 Å². The smallest absolute Gasteiger partial charge is 0.264 e. The van der Waals surface area contributed by atoms with E-state index in [1.54, 1.807) is 40.9 Å². The first-order chi connectivity index (χ1) is 11.7. The molecule has 24 heavy (non-hydrogen) atoms. The van der Waals surface area contributed by atoms with Crippen molar-refractivity contribution in [3.8, 4) is 5.75 Å². The Hall–Kier alpha value is -2.27. The van der Waals surface area contributed by atoms with E-state index < -0.39 is 0 Å². The van der Waals surface area contributed by atoms with Crippen molar-refractivity contribution >= 4 is 29.6 Å². The van der Waals surface area contributed by atoms with Crippen LogP contribution in [0.15, 0.2) is 53.4 Å². The van der Waals surface area contributed by atoms with Gasteiger partial charge in [-0.1, -0.05) is 31.2 Å². The lowest BCUT2D eigenvalue weighted by atomic mass is 10.2. The van der Waals surface area contributed by atoms with E-state index in [4.69, 9.17) is 4.74 Å². The molecule has 0 spiro atoms. The van der Waals surface area contributed by atoms with E-state index in [0.29, 0.717) is 23.1 Å². The number of para-hydroxylation sites is 2. The summed E-state index contributed by atoms with van der Waals surface area (Å²) in [5.41, 5.74) is 1.38. The molecule has 0 radical (unpaired) electrons. The van der Waals surface area contributed by atoms with Gasteiger partial charge in [0.25, 0.3) is 5.91 Å². The number of amides is 1. The molecular weight excluding hydrogens is 322 g/mol. The van der Waals surface area contributed by atoms with Gasteiger partial charge in [-0.3, -0.25) is 9.59 Å². The molecule has 0 aliphatic carbocycles. The predicted octanol–water partition coefficient (Wildman–Crippen LogP) is 3.80. The first kappa shape index (κ1) is 16.6. The topological polar surface area (TPSA) is 46.6 Å². The van der Waals surface area contributed by atoms with Crippen LogP contribution in [-0.2, 0) is 4.79 Å². The average molecular weight is 341 g/mol. The summed E-state index contributed by atoms with van der Waals surface area (Å²) < 4.78 is 5.60. The van der Waals surface area contributed by atoms with Crippen molar-refractivity contribution in [2.75, 3.05) is 18.1 Å². The first-order valence-corrected chi connectivity index (χ1v) is 8.80. The summed E-state index contributed by atoms with van der Waals surface area (Å²) in [6.07, 6.45) is 1.66. The first-order valence-electron chi connectivity index (χ1n) is 7.92. The summed E-state index contributed by atoms with van der Waals surface area (Å²) >= 11 is 1.79. The van der Waals surface area contributed by atoms with E-state index in [-0.39, 0.29) is 12.5 Å². The quantitative estimate of drug-likeness (QED) is 0.794. The average Bonchev–Trinajstić information content (AvgIpc) is 2.78. The van der Waals surface area contributed by atoms with Gasteiger partial charge in [0.05, 0.1) is 11.3 Å². The number of nitrogens with zero attached hydrogens (tertiary/aromatic N) is 1. The molecule has 124 valence electrons. The fourth-order valence-electron chi connectivity index (χ4n) is 2.67. The van der Waals surface area contributed by atoms with Gasteiger partial charge in [-0.25, -0.2) is 0 Å². The van der Waals surface area contributed by atoms with Crippen molar-refractivity contribution in [2.45, 2.75) is 23.5 Å². The largest absolute Gasteiger partial charge is 0.483 e. The van der Waals surface area contributed by atoms with E-state index >= 15 is 0 Å². The SMILES string of the molecule is CC1CCN(C(=O)COc2ccccc2C=O)c2ccccc2S1. The number of carbonyl (C=O) groups excluding carboxylic acids is 2. The lowest BCUT2D eigenvalue weighted by Crippen LogP contribution is -2.36. The number of thioether (sulfide) groups is 1. The van der Waals surface area contributed by atoms with Crippen LogP contribution in [0.25, 0.3) is 0 Å². The van der Waals surface area contributed by atoms with Gasteiger partial charge in [-0.2, -0.15) is 0 Å². The van der Waals surface area contributed by atoms with Gasteiger partial charge in [0.2, 0.25) is 0 Å². The molecule has 0 fully saturated rings. The van der Waals surface area contributed by atoms with Crippen LogP contribution in [0, 0.1) is 0 Å². The molecule has 0 aromatic heterocycles. The van der Waals surface area contributed by atoms with Gasteiger partial charge in [-0.05, 0) is 30.7 Å². The second kappa shape index (κ2) is 7.53. The van der Waals surface area contributed by atoms with Crippen LogP contribution >= 0.6 is 11.8 Å². The Kier molecular flexibility index (Phi) is 5.20. The van der Waals surface area contributed by atoms with Crippen LogP contribution in [0.3, 0.4) is 0 Å². The molecule has 1 heterocycles. The maximum Gasteiger partial charge on any atom is 0.264 e. The standard InChI is InChI=1S/C19H19NO3S/c1-14-10-11-20(16-7-3-5-9-18(16)24-14)19(22)13-23-17-8-4-2-6-15(17)12-21/h2-9,12,14H,10-11,13H2,1H3. The highest BCUT2D eigenvalue weighted by Crippen LogP contribution is 2.37. The van der Waals surface area contributed by atoms with Crippen molar-refractivity contribution in [2.24, 2.45) is 0 Å². The van der Waals surface area contributed by atoms with Gasteiger partial charge >= 0.3 is 0 Å². The molecule has 0 saturated heterocycles. The molecule has 0 saturated carbocycles. The highest BCUT2D eigenvalue weighted by molar-refractivity contribution is 8.00. The lowest BCUT2D eigenvalue weighted by Gasteiger charge is -2.22. The summed E-state index contributed by atoms with van der Waals surface area (Å²) in [5.74, 6) is 0.338. The van der Waals surface area contributed by atoms with Gasteiger partial charge in [0.1, 0.15) is 5.75 Å². The summed E-state index contributed by atoms with van der Waals surface area (Å²) in [7, 11) is 0. The lowest BCUT2D eigenvalue weighted by molar-refractivity contribution is -0.120.